The third-order valence-corrected chi connectivity index (χ3v) is 3.69. The van der Waals surface area contributed by atoms with E-state index in [1.165, 1.54) is 42.4 Å². The molecule has 0 aliphatic heterocycles. The first-order valence-electron chi connectivity index (χ1n) is 7.18. The highest BCUT2D eigenvalue weighted by molar-refractivity contribution is 5.43. The van der Waals surface area contributed by atoms with Gasteiger partial charge in [0.15, 0.2) is 0 Å². The Bertz CT molecular complexity index is 371. The fraction of sp³-hybridized carbons (Fsp3) is 0.625. The van der Waals surface area contributed by atoms with Gasteiger partial charge >= 0.3 is 0 Å². The Morgan fingerprint density at radius 3 is 2.33 bits per heavy atom. The zero-order valence-corrected chi connectivity index (χ0v) is 11.9. The van der Waals surface area contributed by atoms with Gasteiger partial charge in [-0.2, -0.15) is 0 Å². The molecule has 1 aliphatic rings. The van der Waals surface area contributed by atoms with Crippen molar-refractivity contribution in [3.05, 3.63) is 28.8 Å². The molecule has 0 heterocycles. The van der Waals surface area contributed by atoms with E-state index in [9.17, 15) is 0 Å². The lowest BCUT2D eigenvalue weighted by Gasteiger charge is -2.18. The first-order valence-corrected chi connectivity index (χ1v) is 7.18. The van der Waals surface area contributed by atoms with Crippen molar-refractivity contribution < 1.29 is 4.74 Å². The molecule has 0 amide bonds. The van der Waals surface area contributed by atoms with Gasteiger partial charge in [-0.1, -0.05) is 19.1 Å². The normalized spacial score (nSPS) is 16.2. The summed E-state index contributed by atoms with van der Waals surface area (Å²) in [4.78, 5) is 0. The molecule has 18 heavy (non-hydrogen) atoms. The van der Waals surface area contributed by atoms with E-state index in [0.717, 1.165) is 18.8 Å². The van der Waals surface area contributed by atoms with Crippen molar-refractivity contribution in [2.24, 2.45) is 0 Å². The average Bonchev–Trinajstić information content (AvgIpc) is 2.84. The molecule has 0 bridgehead atoms. The Balaban J connectivity index is 2.10. The van der Waals surface area contributed by atoms with E-state index in [1.807, 2.05) is 0 Å². The second kappa shape index (κ2) is 6.24. The summed E-state index contributed by atoms with van der Waals surface area (Å²) in [6.07, 6.45) is 5.53. The Hall–Kier alpha value is -1.02. The fourth-order valence-electron chi connectivity index (χ4n) is 2.77. The Kier molecular flexibility index (Phi) is 4.65. The Morgan fingerprint density at radius 2 is 1.78 bits per heavy atom. The second-order valence-corrected chi connectivity index (χ2v) is 5.36. The predicted octanol–water partition coefficient (Wildman–Crippen LogP) is 3.73. The lowest BCUT2D eigenvalue weighted by atomic mass is 10.1. The van der Waals surface area contributed by atoms with E-state index in [1.54, 1.807) is 0 Å². The maximum Gasteiger partial charge on any atom is 0.125 e. The summed E-state index contributed by atoms with van der Waals surface area (Å²) in [5.74, 6) is 1.11. The highest BCUT2D eigenvalue weighted by Crippen LogP contribution is 2.30. The van der Waals surface area contributed by atoms with Crippen LogP contribution >= 0.6 is 0 Å². The minimum atomic E-state index is 0.446. The topological polar surface area (TPSA) is 21.3 Å². The van der Waals surface area contributed by atoms with E-state index >= 15 is 0 Å². The van der Waals surface area contributed by atoms with Crippen LogP contribution in [0.3, 0.4) is 0 Å². The smallest absolute Gasteiger partial charge is 0.125 e. The number of hydrogen-bond acceptors (Lipinski definition) is 2. The molecule has 1 aliphatic carbocycles. The molecular formula is C16H25NO. The molecule has 0 atom stereocenters. The van der Waals surface area contributed by atoms with Gasteiger partial charge in [0.25, 0.3) is 0 Å². The third kappa shape index (κ3) is 3.26. The van der Waals surface area contributed by atoms with Crippen molar-refractivity contribution in [2.45, 2.75) is 59.1 Å². The van der Waals surface area contributed by atoms with Crippen LogP contribution in [0.5, 0.6) is 5.75 Å². The van der Waals surface area contributed by atoms with Gasteiger partial charge in [-0.25, -0.2) is 0 Å². The summed E-state index contributed by atoms with van der Waals surface area (Å²) in [6.45, 7) is 8.41. The van der Waals surface area contributed by atoms with Crippen LogP contribution in [0.15, 0.2) is 12.1 Å². The lowest BCUT2D eigenvalue weighted by molar-refractivity contribution is 0.207. The summed E-state index contributed by atoms with van der Waals surface area (Å²) in [6, 6.07) is 4.50. The number of ether oxygens (including phenoxy) is 1. The van der Waals surface area contributed by atoms with E-state index in [2.05, 4.69) is 38.2 Å². The van der Waals surface area contributed by atoms with Crippen molar-refractivity contribution >= 4 is 0 Å². The van der Waals surface area contributed by atoms with Gasteiger partial charge in [-0.15, -0.1) is 0 Å². The van der Waals surface area contributed by atoms with Gasteiger partial charge in [-0.3, -0.25) is 0 Å². The predicted molar refractivity (Wildman–Crippen MR) is 76.2 cm³/mol. The van der Waals surface area contributed by atoms with Crippen molar-refractivity contribution in [1.29, 1.82) is 0 Å². The second-order valence-electron chi connectivity index (χ2n) is 5.36. The van der Waals surface area contributed by atoms with Crippen LogP contribution in [0, 0.1) is 13.8 Å². The monoisotopic (exact) mass is 247 g/mol. The van der Waals surface area contributed by atoms with E-state index < -0.39 is 0 Å². The summed E-state index contributed by atoms with van der Waals surface area (Å²) in [5, 5.41) is 3.37. The molecule has 2 nitrogen and oxygen atoms in total. The molecule has 0 aromatic heterocycles. The molecule has 0 radical (unpaired) electrons. The molecule has 2 rings (SSSR count). The fourth-order valence-corrected chi connectivity index (χ4v) is 2.77. The van der Waals surface area contributed by atoms with Crippen molar-refractivity contribution in [3.63, 3.8) is 0 Å². The summed E-state index contributed by atoms with van der Waals surface area (Å²) < 4.78 is 6.18. The first kappa shape index (κ1) is 13.4. The van der Waals surface area contributed by atoms with E-state index in [0.29, 0.717) is 6.10 Å². The maximum atomic E-state index is 6.18. The zero-order chi connectivity index (χ0) is 13.0. The van der Waals surface area contributed by atoms with Crippen molar-refractivity contribution in [3.8, 4) is 5.75 Å². The minimum Gasteiger partial charge on any atom is -0.490 e. The largest absolute Gasteiger partial charge is 0.490 e. The SMILES string of the molecule is CCNCc1cc(C)c(OC2CCCC2)c(C)c1. The Labute approximate surface area is 111 Å². The molecule has 0 spiro atoms. The zero-order valence-electron chi connectivity index (χ0n) is 11.9. The molecule has 2 heteroatoms. The molecule has 1 saturated carbocycles. The van der Waals surface area contributed by atoms with Crippen LogP contribution in [0.1, 0.15) is 49.3 Å². The van der Waals surface area contributed by atoms with Crippen LogP contribution in [-0.4, -0.2) is 12.6 Å². The molecule has 0 unspecified atom stereocenters. The number of aryl methyl sites for hydroxylation is 2. The molecule has 0 saturated heterocycles. The van der Waals surface area contributed by atoms with Crippen LogP contribution < -0.4 is 10.1 Å². The highest BCUT2D eigenvalue weighted by Gasteiger charge is 2.18. The molecule has 1 N–H and O–H groups in total. The van der Waals surface area contributed by atoms with Crippen molar-refractivity contribution in [1.82, 2.24) is 5.32 Å². The third-order valence-electron chi connectivity index (χ3n) is 3.69. The number of rotatable bonds is 5. The van der Waals surface area contributed by atoms with Gasteiger partial charge < -0.3 is 10.1 Å². The standard InChI is InChI=1S/C16H25NO/c1-4-17-11-14-9-12(2)16(13(3)10-14)18-15-7-5-6-8-15/h9-10,15,17H,4-8,11H2,1-3H3. The summed E-state index contributed by atoms with van der Waals surface area (Å²) in [7, 11) is 0. The summed E-state index contributed by atoms with van der Waals surface area (Å²) in [5.41, 5.74) is 3.90. The Morgan fingerprint density at radius 1 is 1.17 bits per heavy atom. The van der Waals surface area contributed by atoms with Gasteiger partial charge in [-0.05, 0) is 62.8 Å². The molecule has 1 aromatic carbocycles. The van der Waals surface area contributed by atoms with E-state index in [-0.39, 0.29) is 0 Å². The quantitative estimate of drug-likeness (QED) is 0.856. The minimum absolute atomic E-state index is 0.446. The van der Waals surface area contributed by atoms with Gasteiger partial charge in [0.05, 0.1) is 6.10 Å². The molecule has 1 fully saturated rings. The van der Waals surface area contributed by atoms with Crippen molar-refractivity contribution in [2.75, 3.05) is 6.54 Å². The van der Waals surface area contributed by atoms with Crippen LogP contribution in [0.2, 0.25) is 0 Å². The van der Waals surface area contributed by atoms with Gasteiger partial charge in [0.2, 0.25) is 0 Å². The molecule has 100 valence electrons. The van der Waals surface area contributed by atoms with E-state index in [4.69, 9.17) is 4.74 Å². The van der Waals surface area contributed by atoms with Crippen LogP contribution in [0.4, 0.5) is 0 Å². The number of nitrogens with one attached hydrogen (secondary N) is 1. The van der Waals surface area contributed by atoms with Crippen LogP contribution in [0.25, 0.3) is 0 Å². The first-order chi connectivity index (χ1) is 8.70. The average molecular weight is 247 g/mol. The highest BCUT2D eigenvalue weighted by atomic mass is 16.5. The maximum absolute atomic E-state index is 6.18. The molecule has 1 aromatic rings. The lowest BCUT2D eigenvalue weighted by Crippen LogP contribution is -2.14. The molecular weight excluding hydrogens is 222 g/mol. The van der Waals surface area contributed by atoms with Gasteiger partial charge in [0, 0.05) is 6.54 Å². The van der Waals surface area contributed by atoms with Crippen LogP contribution in [-0.2, 0) is 6.54 Å². The number of benzene rings is 1. The summed E-state index contributed by atoms with van der Waals surface area (Å²) >= 11 is 0. The number of hydrogen-bond donors (Lipinski definition) is 1. The van der Waals surface area contributed by atoms with Gasteiger partial charge in [0.1, 0.15) is 5.75 Å².